The Morgan fingerprint density at radius 2 is 1.45 bits per heavy atom. The average molecular weight is 160 g/mol. The second-order valence-electron chi connectivity index (χ2n) is 4.47. The van der Waals surface area contributed by atoms with Gasteiger partial charge in [0.15, 0.2) is 0 Å². The van der Waals surface area contributed by atoms with E-state index in [1.165, 1.54) is 6.42 Å². The molecule has 0 bridgehead atoms. The van der Waals surface area contributed by atoms with E-state index in [1.807, 2.05) is 0 Å². The summed E-state index contributed by atoms with van der Waals surface area (Å²) in [6, 6.07) is 0. The van der Waals surface area contributed by atoms with Gasteiger partial charge in [-0.15, -0.1) is 0 Å². The van der Waals surface area contributed by atoms with Crippen molar-refractivity contribution < 1.29 is 5.11 Å². The van der Waals surface area contributed by atoms with Crippen LogP contribution in [0.1, 0.15) is 48.0 Å². The maximum absolute atomic E-state index is 7.57. The Bertz CT molecular complexity index is 69.4. The molecule has 0 aliphatic heterocycles. The lowest BCUT2D eigenvalue weighted by Crippen LogP contribution is -2.08. The van der Waals surface area contributed by atoms with Crippen LogP contribution >= 0.6 is 0 Å². The first-order valence-corrected chi connectivity index (χ1v) is 4.44. The van der Waals surface area contributed by atoms with Gasteiger partial charge in [-0.1, -0.05) is 34.6 Å². The molecule has 0 aliphatic carbocycles. The fourth-order valence-corrected chi connectivity index (χ4v) is 1.22. The highest BCUT2D eigenvalue weighted by Gasteiger charge is 2.11. The Hall–Kier alpha value is -0.0400. The number of aliphatic hydroxyl groups is 1. The Labute approximate surface area is 71.8 Å². The number of hydrogen-bond donors (Lipinski definition) is 1. The average Bonchev–Trinajstić information content (AvgIpc) is 1.57. The van der Waals surface area contributed by atoms with E-state index in [9.17, 15) is 0 Å². The van der Waals surface area contributed by atoms with E-state index in [4.69, 9.17) is 5.11 Å². The van der Waals surface area contributed by atoms with Gasteiger partial charge in [0.25, 0.3) is 0 Å². The van der Waals surface area contributed by atoms with Crippen molar-refractivity contribution in [2.75, 3.05) is 6.61 Å². The number of hydrogen-bond acceptors (Lipinski definition) is 1. The van der Waals surface area contributed by atoms with E-state index in [2.05, 4.69) is 34.6 Å². The summed E-state index contributed by atoms with van der Waals surface area (Å²) in [7, 11) is 0. The highest BCUT2D eigenvalue weighted by Crippen LogP contribution is 2.23. The molecule has 0 saturated heterocycles. The lowest BCUT2D eigenvalue weighted by atomic mass is 9.86. The maximum atomic E-state index is 7.57. The second kappa shape index (κ2) is 6.66. The zero-order valence-corrected chi connectivity index (χ0v) is 8.94. The summed E-state index contributed by atoms with van der Waals surface area (Å²) in [4.78, 5) is 0. The van der Waals surface area contributed by atoms with Crippen LogP contribution in [0.15, 0.2) is 0 Å². The van der Waals surface area contributed by atoms with Crippen LogP contribution in [-0.2, 0) is 0 Å². The monoisotopic (exact) mass is 160 g/mol. The van der Waals surface area contributed by atoms with E-state index >= 15 is 0 Å². The predicted molar refractivity (Wildman–Crippen MR) is 51.7 cm³/mol. The van der Waals surface area contributed by atoms with E-state index in [0.717, 1.165) is 5.92 Å². The highest BCUT2D eigenvalue weighted by molar-refractivity contribution is 4.62. The Kier molecular flexibility index (Phi) is 8.20. The van der Waals surface area contributed by atoms with Gasteiger partial charge in [0.05, 0.1) is 0 Å². The molecule has 0 amide bonds. The van der Waals surface area contributed by atoms with Gasteiger partial charge in [-0.2, -0.15) is 0 Å². The molecular formula is C10H24O. The number of aliphatic hydroxyl groups excluding tert-OH is 1. The van der Waals surface area contributed by atoms with Gasteiger partial charge in [0.2, 0.25) is 0 Å². The molecule has 11 heavy (non-hydrogen) atoms. The molecule has 0 saturated carbocycles. The first-order valence-electron chi connectivity index (χ1n) is 4.44. The van der Waals surface area contributed by atoms with Crippen LogP contribution in [0.3, 0.4) is 0 Å². The first kappa shape index (κ1) is 13.5. The zero-order valence-electron chi connectivity index (χ0n) is 8.94. The van der Waals surface area contributed by atoms with Crippen LogP contribution in [0.5, 0.6) is 0 Å². The van der Waals surface area contributed by atoms with Crippen molar-refractivity contribution in [2.45, 2.75) is 48.0 Å². The summed E-state index contributed by atoms with van der Waals surface area (Å²) in [6.07, 6.45) is 1.33. The van der Waals surface area contributed by atoms with Gasteiger partial charge < -0.3 is 5.11 Å². The van der Waals surface area contributed by atoms with Crippen LogP contribution in [-0.4, -0.2) is 11.7 Å². The van der Waals surface area contributed by atoms with Gasteiger partial charge in [-0.3, -0.25) is 0 Å². The van der Waals surface area contributed by atoms with Crippen LogP contribution in [0.25, 0.3) is 0 Å². The molecule has 0 aromatic heterocycles. The van der Waals surface area contributed by atoms with Crippen molar-refractivity contribution in [3.8, 4) is 0 Å². The summed E-state index contributed by atoms with van der Waals surface area (Å²) in [5.41, 5.74) is 0.522. The van der Waals surface area contributed by atoms with Crippen molar-refractivity contribution in [1.82, 2.24) is 0 Å². The minimum Gasteiger partial charge on any atom is -0.397 e. The molecule has 0 aromatic rings. The third kappa shape index (κ3) is 25.7. The largest absolute Gasteiger partial charge is 0.397 e. The van der Waals surface area contributed by atoms with E-state index in [1.54, 1.807) is 6.92 Å². The minimum atomic E-state index is 0.250. The molecule has 0 radical (unpaired) electrons. The molecule has 0 aliphatic rings. The quantitative estimate of drug-likeness (QED) is 0.625. The normalized spacial score (nSPS) is 10.9. The lowest BCUT2D eigenvalue weighted by molar-refractivity contribution is 0.318. The van der Waals surface area contributed by atoms with Crippen LogP contribution in [0, 0.1) is 11.3 Å². The number of rotatable bonds is 1. The highest BCUT2D eigenvalue weighted by atomic mass is 16.2. The Morgan fingerprint density at radius 1 is 1.18 bits per heavy atom. The molecule has 1 N–H and O–H groups in total. The summed E-state index contributed by atoms with van der Waals surface area (Å²) >= 11 is 0. The fourth-order valence-electron chi connectivity index (χ4n) is 1.22. The van der Waals surface area contributed by atoms with Gasteiger partial charge >= 0.3 is 0 Å². The van der Waals surface area contributed by atoms with Crippen molar-refractivity contribution in [3.05, 3.63) is 0 Å². The topological polar surface area (TPSA) is 20.2 Å². The van der Waals surface area contributed by atoms with E-state index < -0.39 is 0 Å². The van der Waals surface area contributed by atoms with E-state index in [0.29, 0.717) is 5.41 Å². The SMILES string of the molecule is CC(C)CC(C)(C)C.CCO. The molecule has 0 heterocycles. The van der Waals surface area contributed by atoms with Crippen LogP contribution in [0.2, 0.25) is 0 Å². The van der Waals surface area contributed by atoms with Gasteiger partial charge in [-0.05, 0) is 24.7 Å². The summed E-state index contributed by atoms with van der Waals surface area (Å²) in [5, 5.41) is 7.57. The summed E-state index contributed by atoms with van der Waals surface area (Å²) in [6.45, 7) is 13.3. The molecular weight excluding hydrogens is 136 g/mol. The van der Waals surface area contributed by atoms with Crippen molar-refractivity contribution in [3.63, 3.8) is 0 Å². The molecule has 0 fully saturated rings. The molecule has 1 nitrogen and oxygen atoms in total. The molecule has 0 unspecified atom stereocenters. The molecule has 1 heteroatoms. The molecule has 0 spiro atoms. The predicted octanol–water partition coefficient (Wildman–Crippen LogP) is 3.08. The minimum absolute atomic E-state index is 0.250. The van der Waals surface area contributed by atoms with Crippen LogP contribution < -0.4 is 0 Å². The Morgan fingerprint density at radius 3 is 1.45 bits per heavy atom. The summed E-state index contributed by atoms with van der Waals surface area (Å²) in [5.74, 6) is 0.843. The third-order valence-corrected chi connectivity index (χ3v) is 1.02. The smallest absolute Gasteiger partial charge is 0.0402 e. The van der Waals surface area contributed by atoms with Crippen molar-refractivity contribution >= 4 is 0 Å². The lowest BCUT2D eigenvalue weighted by Gasteiger charge is -2.19. The molecule has 0 rings (SSSR count). The maximum Gasteiger partial charge on any atom is 0.0402 e. The zero-order chi connectivity index (χ0) is 9.49. The first-order chi connectivity index (χ1) is 4.83. The van der Waals surface area contributed by atoms with Gasteiger partial charge in [0.1, 0.15) is 0 Å². The Balaban J connectivity index is 0. The van der Waals surface area contributed by atoms with Gasteiger partial charge in [0, 0.05) is 6.61 Å². The molecule has 0 aromatic carbocycles. The van der Waals surface area contributed by atoms with Crippen molar-refractivity contribution in [2.24, 2.45) is 11.3 Å². The fraction of sp³-hybridized carbons (Fsp3) is 1.00. The molecule has 70 valence electrons. The second-order valence-corrected chi connectivity index (χ2v) is 4.47. The van der Waals surface area contributed by atoms with Crippen LogP contribution in [0.4, 0.5) is 0 Å². The molecule has 0 atom stereocenters. The standard InChI is InChI=1S/C8H18.C2H6O/c1-7(2)6-8(3,4)5;1-2-3/h7H,6H2,1-5H3;3H,2H2,1H3. The summed E-state index contributed by atoms with van der Waals surface area (Å²) < 4.78 is 0. The van der Waals surface area contributed by atoms with Gasteiger partial charge in [-0.25, -0.2) is 0 Å². The van der Waals surface area contributed by atoms with Crippen molar-refractivity contribution in [1.29, 1.82) is 0 Å². The van der Waals surface area contributed by atoms with E-state index in [-0.39, 0.29) is 6.61 Å². The third-order valence-electron chi connectivity index (χ3n) is 1.02.